The zero-order valence-corrected chi connectivity index (χ0v) is 8.97. The van der Waals surface area contributed by atoms with E-state index in [-0.39, 0.29) is 13.2 Å². The average molecular weight is 265 g/mol. The zero-order chi connectivity index (χ0) is 9.47. The molecule has 13 heavy (non-hydrogen) atoms. The number of pyridine rings is 1. The molecule has 0 saturated carbocycles. The van der Waals surface area contributed by atoms with Gasteiger partial charge in [-0.25, -0.2) is 0 Å². The maximum atomic E-state index is 9.98. The minimum absolute atomic E-state index is 0.287. The molecule has 0 atom stereocenters. The van der Waals surface area contributed by atoms with E-state index < -0.39 is 5.60 Å². The highest BCUT2D eigenvalue weighted by Gasteiger charge is 2.41. The van der Waals surface area contributed by atoms with Crippen LogP contribution in [0.5, 0.6) is 0 Å². The summed E-state index contributed by atoms with van der Waals surface area (Å²) in [6.07, 6.45) is 3.12. The predicted octanol–water partition coefficient (Wildman–Crippen LogP) is 1.72. The molecular formula is C8H7BrClNO2. The van der Waals surface area contributed by atoms with E-state index >= 15 is 0 Å². The van der Waals surface area contributed by atoms with Crippen LogP contribution < -0.4 is 0 Å². The Morgan fingerprint density at radius 1 is 1.54 bits per heavy atom. The maximum Gasteiger partial charge on any atom is 0.139 e. The van der Waals surface area contributed by atoms with Crippen molar-refractivity contribution in [1.82, 2.24) is 4.98 Å². The van der Waals surface area contributed by atoms with Crippen molar-refractivity contribution in [2.24, 2.45) is 0 Å². The molecule has 1 aliphatic rings. The maximum absolute atomic E-state index is 9.98. The molecule has 0 aliphatic carbocycles. The SMILES string of the molecule is OC1(c2c(Cl)cncc2Br)COC1. The van der Waals surface area contributed by atoms with Crippen LogP contribution in [0.4, 0.5) is 0 Å². The Labute approximate surface area is 88.8 Å². The summed E-state index contributed by atoms with van der Waals surface area (Å²) in [5.74, 6) is 0. The monoisotopic (exact) mass is 263 g/mol. The van der Waals surface area contributed by atoms with E-state index in [2.05, 4.69) is 20.9 Å². The Hall–Kier alpha value is -0.160. The second kappa shape index (κ2) is 3.20. The number of halogens is 2. The summed E-state index contributed by atoms with van der Waals surface area (Å²) in [4.78, 5) is 3.89. The van der Waals surface area contributed by atoms with Gasteiger partial charge in [0.05, 0.1) is 18.2 Å². The van der Waals surface area contributed by atoms with Crippen molar-refractivity contribution in [3.8, 4) is 0 Å². The van der Waals surface area contributed by atoms with Gasteiger partial charge >= 0.3 is 0 Å². The smallest absolute Gasteiger partial charge is 0.139 e. The highest BCUT2D eigenvalue weighted by molar-refractivity contribution is 9.10. The molecule has 0 spiro atoms. The summed E-state index contributed by atoms with van der Waals surface area (Å²) >= 11 is 9.21. The van der Waals surface area contributed by atoms with Crippen molar-refractivity contribution in [3.63, 3.8) is 0 Å². The fourth-order valence-corrected chi connectivity index (χ4v) is 2.44. The fourth-order valence-electron chi connectivity index (χ4n) is 1.30. The van der Waals surface area contributed by atoms with Gasteiger partial charge in [0.2, 0.25) is 0 Å². The first-order chi connectivity index (χ1) is 6.13. The molecule has 70 valence electrons. The van der Waals surface area contributed by atoms with Crippen LogP contribution in [0.15, 0.2) is 16.9 Å². The van der Waals surface area contributed by atoms with Gasteiger partial charge in [-0.3, -0.25) is 4.98 Å². The van der Waals surface area contributed by atoms with E-state index in [0.717, 1.165) is 0 Å². The molecule has 1 N–H and O–H groups in total. The Morgan fingerprint density at radius 2 is 2.23 bits per heavy atom. The van der Waals surface area contributed by atoms with Crippen LogP contribution >= 0.6 is 27.5 Å². The molecule has 0 amide bonds. The van der Waals surface area contributed by atoms with Crippen molar-refractivity contribution >= 4 is 27.5 Å². The van der Waals surface area contributed by atoms with Gasteiger partial charge < -0.3 is 9.84 Å². The normalized spacial score (nSPS) is 19.6. The summed E-state index contributed by atoms with van der Waals surface area (Å²) < 4.78 is 5.67. The first kappa shape index (κ1) is 9.40. The molecule has 2 heterocycles. The highest BCUT2D eigenvalue weighted by Crippen LogP contribution is 2.38. The number of aliphatic hydroxyl groups is 1. The average Bonchev–Trinajstić information content (AvgIpc) is 2.01. The summed E-state index contributed by atoms with van der Waals surface area (Å²) in [6, 6.07) is 0. The van der Waals surface area contributed by atoms with Gasteiger partial charge in [-0.2, -0.15) is 0 Å². The standard InChI is InChI=1S/C8H7BrClNO2/c9-5-1-11-2-6(10)7(5)8(12)3-13-4-8/h1-2,12H,3-4H2. The first-order valence-corrected chi connectivity index (χ1v) is 4.90. The Balaban J connectivity index is 2.49. The third-order valence-corrected chi connectivity index (χ3v) is 2.89. The van der Waals surface area contributed by atoms with Crippen LogP contribution in [-0.2, 0) is 10.3 Å². The molecule has 5 heteroatoms. The van der Waals surface area contributed by atoms with Crippen molar-refractivity contribution < 1.29 is 9.84 Å². The summed E-state index contributed by atoms with van der Waals surface area (Å²) in [5.41, 5.74) is -0.283. The van der Waals surface area contributed by atoms with E-state index in [1.54, 1.807) is 6.20 Å². The quantitative estimate of drug-likeness (QED) is 0.840. The summed E-state index contributed by atoms with van der Waals surface area (Å²) in [7, 11) is 0. The number of nitrogens with zero attached hydrogens (tertiary/aromatic N) is 1. The third kappa shape index (κ3) is 1.48. The lowest BCUT2D eigenvalue weighted by molar-refractivity contribution is -0.185. The van der Waals surface area contributed by atoms with Gasteiger partial charge in [0.1, 0.15) is 5.60 Å². The van der Waals surface area contributed by atoms with Gasteiger partial charge in [0.15, 0.2) is 0 Å². The van der Waals surface area contributed by atoms with Crippen LogP contribution in [0.3, 0.4) is 0 Å². The van der Waals surface area contributed by atoms with E-state index in [0.29, 0.717) is 15.1 Å². The molecule has 1 saturated heterocycles. The first-order valence-electron chi connectivity index (χ1n) is 3.73. The lowest BCUT2D eigenvalue weighted by Crippen LogP contribution is -2.47. The molecule has 0 aromatic carbocycles. The van der Waals surface area contributed by atoms with Gasteiger partial charge in [-0.05, 0) is 15.9 Å². The van der Waals surface area contributed by atoms with Crippen LogP contribution in [0.2, 0.25) is 5.02 Å². The molecule has 3 nitrogen and oxygen atoms in total. The number of hydrogen-bond donors (Lipinski definition) is 1. The van der Waals surface area contributed by atoms with Crippen LogP contribution in [-0.4, -0.2) is 23.3 Å². The van der Waals surface area contributed by atoms with Crippen molar-refractivity contribution in [1.29, 1.82) is 0 Å². The second-order valence-corrected chi connectivity index (χ2v) is 4.26. The van der Waals surface area contributed by atoms with Crippen LogP contribution in [0.1, 0.15) is 5.56 Å². The van der Waals surface area contributed by atoms with Gasteiger partial charge in [-0.15, -0.1) is 0 Å². The molecule has 1 fully saturated rings. The Morgan fingerprint density at radius 3 is 2.69 bits per heavy atom. The third-order valence-electron chi connectivity index (χ3n) is 2.00. The Bertz CT molecular complexity index is 321. The van der Waals surface area contributed by atoms with Crippen molar-refractivity contribution in [2.75, 3.05) is 13.2 Å². The zero-order valence-electron chi connectivity index (χ0n) is 6.63. The Kier molecular flexibility index (Phi) is 2.32. The number of ether oxygens (including phenoxy) is 1. The molecule has 2 rings (SSSR count). The molecule has 0 bridgehead atoms. The van der Waals surface area contributed by atoms with Crippen molar-refractivity contribution in [2.45, 2.75) is 5.60 Å². The fraction of sp³-hybridized carbons (Fsp3) is 0.375. The van der Waals surface area contributed by atoms with E-state index in [9.17, 15) is 5.11 Å². The van der Waals surface area contributed by atoms with E-state index in [1.807, 2.05) is 0 Å². The van der Waals surface area contributed by atoms with Crippen LogP contribution in [0.25, 0.3) is 0 Å². The number of aromatic nitrogens is 1. The van der Waals surface area contributed by atoms with E-state index in [1.165, 1.54) is 6.20 Å². The molecule has 1 aliphatic heterocycles. The van der Waals surface area contributed by atoms with Crippen molar-refractivity contribution in [3.05, 3.63) is 27.5 Å². The number of hydrogen-bond acceptors (Lipinski definition) is 3. The highest BCUT2D eigenvalue weighted by atomic mass is 79.9. The molecule has 0 unspecified atom stereocenters. The molecule has 0 radical (unpaired) electrons. The minimum Gasteiger partial charge on any atom is -0.380 e. The number of rotatable bonds is 1. The topological polar surface area (TPSA) is 42.4 Å². The molecule has 1 aromatic rings. The molecule has 1 aromatic heterocycles. The van der Waals surface area contributed by atoms with E-state index in [4.69, 9.17) is 16.3 Å². The summed E-state index contributed by atoms with van der Waals surface area (Å²) in [5, 5.41) is 10.4. The van der Waals surface area contributed by atoms with Gasteiger partial charge in [-0.1, -0.05) is 11.6 Å². The van der Waals surface area contributed by atoms with Gasteiger partial charge in [0.25, 0.3) is 0 Å². The second-order valence-electron chi connectivity index (χ2n) is 3.00. The minimum atomic E-state index is -0.946. The van der Waals surface area contributed by atoms with Gasteiger partial charge in [0, 0.05) is 22.4 Å². The lowest BCUT2D eigenvalue weighted by atomic mass is 9.93. The van der Waals surface area contributed by atoms with Crippen LogP contribution in [0, 0.1) is 0 Å². The lowest BCUT2D eigenvalue weighted by Gasteiger charge is -2.37. The largest absolute Gasteiger partial charge is 0.380 e. The predicted molar refractivity (Wildman–Crippen MR) is 51.7 cm³/mol. The molecular weight excluding hydrogens is 257 g/mol. The summed E-state index contributed by atoms with van der Waals surface area (Å²) in [6.45, 7) is 0.574.